The minimum atomic E-state index is -0.461. The number of hydrogen-bond acceptors (Lipinski definition) is 6. The Morgan fingerprint density at radius 1 is 1.11 bits per heavy atom. The Balaban J connectivity index is 1.75. The summed E-state index contributed by atoms with van der Waals surface area (Å²) in [7, 11) is 0. The van der Waals surface area contributed by atoms with Gasteiger partial charge in [-0.25, -0.2) is 4.99 Å². The van der Waals surface area contributed by atoms with Gasteiger partial charge in [0.2, 0.25) is 0 Å². The Hall–Kier alpha value is -3.85. The highest BCUT2D eigenvalue weighted by Gasteiger charge is 2.46. The van der Waals surface area contributed by atoms with Gasteiger partial charge in [0.05, 0.1) is 23.2 Å². The van der Waals surface area contributed by atoms with Gasteiger partial charge < -0.3 is 10.6 Å². The van der Waals surface area contributed by atoms with Crippen molar-refractivity contribution in [3.05, 3.63) is 82.3 Å². The molecule has 2 heterocycles. The molecule has 0 unspecified atom stereocenters. The van der Waals surface area contributed by atoms with Crippen molar-refractivity contribution in [2.24, 2.45) is 16.1 Å². The van der Waals surface area contributed by atoms with Crippen molar-refractivity contribution in [3.8, 4) is 6.07 Å². The van der Waals surface area contributed by atoms with E-state index in [9.17, 15) is 10.1 Å². The summed E-state index contributed by atoms with van der Waals surface area (Å²) in [5.74, 6) is 0.560. The van der Waals surface area contributed by atoms with Crippen molar-refractivity contribution in [2.45, 2.75) is 46.5 Å². The monoisotopic (exact) mass is 465 g/mol. The number of rotatable bonds is 4. The number of hydrogen-bond donors (Lipinski definition) is 1. The van der Waals surface area contributed by atoms with Crippen LogP contribution >= 0.6 is 0 Å². The van der Waals surface area contributed by atoms with Crippen LogP contribution in [0, 0.1) is 16.7 Å². The molecule has 0 radical (unpaired) electrons. The summed E-state index contributed by atoms with van der Waals surface area (Å²) in [6.07, 6.45) is 1.17. The number of Topliss-reactive ketones (excluding diaryl/α,β-unsaturated/α-hetero) is 1. The Kier molecular flexibility index (Phi) is 5.52. The van der Waals surface area contributed by atoms with Gasteiger partial charge in [-0.05, 0) is 55.5 Å². The summed E-state index contributed by atoms with van der Waals surface area (Å²) in [6, 6.07) is 18.5. The number of carbonyl (C=O) groups is 1. The number of ketones is 1. The lowest BCUT2D eigenvalue weighted by molar-refractivity contribution is -0.118. The van der Waals surface area contributed by atoms with Gasteiger partial charge in [-0.3, -0.25) is 9.69 Å². The van der Waals surface area contributed by atoms with E-state index in [0.717, 1.165) is 41.3 Å². The number of fused-ring (bicyclic) bond motifs is 4. The number of allylic oxidation sites excluding steroid dienone is 3. The molecule has 2 N–H and O–H groups in total. The minimum Gasteiger partial charge on any atom is -0.383 e. The van der Waals surface area contributed by atoms with E-state index in [2.05, 4.69) is 50.8 Å². The second kappa shape index (κ2) is 8.42. The number of para-hydroxylation sites is 1. The summed E-state index contributed by atoms with van der Waals surface area (Å²) in [5.41, 5.74) is 12.0. The number of nitriles is 1. The molecule has 35 heavy (non-hydrogen) atoms. The highest BCUT2D eigenvalue weighted by Crippen LogP contribution is 2.52. The van der Waals surface area contributed by atoms with Gasteiger partial charge in [-0.2, -0.15) is 5.26 Å². The number of anilines is 2. The lowest BCUT2D eigenvalue weighted by Gasteiger charge is -2.45. The Labute approximate surface area is 207 Å². The van der Waals surface area contributed by atoms with Crippen molar-refractivity contribution >= 4 is 23.0 Å². The topological polar surface area (TPSA) is 85.7 Å². The average Bonchev–Trinajstić information content (AvgIpc) is 2.84. The largest absolute Gasteiger partial charge is 0.383 e. The van der Waals surface area contributed by atoms with Gasteiger partial charge in [0.15, 0.2) is 11.6 Å². The highest BCUT2D eigenvalue weighted by molar-refractivity contribution is 6.08. The van der Waals surface area contributed by atoms with Crippen LogP contribution in [0.2, 0.25) is 0 Å². The molecule has 178 valence electrons. The number of amidine groups is 1. The van der Waals surface area contributed by atoms with E-state index >= 15 is 0 Å². The first-order valence-corrected chi connectivity index (χ1v) is 12.3. The molecule has 1 atom stereocenters. The first-order chi connectivity index (χ1) is 16.8. The predicted molar refractivity (Wildman–Crippen MR) is 140 cm³/mol. The molecule has 0 saturated carbocycles. The second-order valence-electron chi connectivity index (χ2n) is 10.2. The van der Waals surface area contributed by atoms with E-state index in [-0.39, 0.29) is 11.2 Å². The van der Waals surface area contributed by atoms with Crippen LogP contribution in [0.25, 0.3) is 0 Å². The van der Waals surface area contributed by atoms with Gasteiger partial charge in [0.1, 0.15) is 5.84 Å². The third-order valence-electron chi connectivity index (χ3n) is 7.32. The molecule has 6 nitrogen and oxygen atoms in total. The minimum absolute atomic E-state index is 0.0980. The van der Waals surface area contributed by atoms with Crippen LogP contribution in [0.4, 0.5) is 11.4 Å². The van der Waals surface area contributed by atoms with Crippen molar-refractivity contribution in [1.29, 1.82) is 5.26 Å². The second-order valence-corrected chi connectivity index (χ2v) is 10.2. The van der Waals surface area contributed by atoms with Crippen molar-refractivity contribution < 1.29 is 4.79 Å². The zero-order valence-electron chi connectivity index (χ0n) is 20.8. The quantitative estimate of drug-likeness (QED) is 0.668. The summed E-state index contributed by atoms with van der Waals surface area (Å²) < 4.78 is 0. The summed E-state index contributed by atoms with van der Waals surface area (Å²) in [6.45, 7) is 10.3. The van der Waals surface area contributed by atoms with Crippen LogP contribution in [0.5, 0.6) is 0 Å². The Morgan fingerprint density at radius 2 is 1.80 bits per heavy atom. The number of aliphatic imine (C=N–C) groups is 1. The van der Waals surface area contributed by atoms with Crippen LogP contribution in [-0.2, 0) is 4.79 Å². The zero-order valence-corrected chi connectivity index (χ0v) is 20.8. The standard InChI is InChI=1S/C29H31N5O/c1-5-33(6-2)19-13-11-18(12-14-19)25-21(17-30)28-32-27(31)20-9-7-8-10-22(20)34(28)23-15-29(3,4)16-24(35)26(23)25/h7-14,25H,5-6,15-16H2,1-4H3,(H2,31,32)/t25-/m0/s1. The van der Waals surface area contributed by atoms with Gasteiger partial charge in [0.25, 0.3) is 0 Å². The van der Waals surface area contributed by atoms with E-state index in [1.54, 1.807) is 0 Å². The molecule has 5 rings (SSSR count). The third kappa shape index (κ3) is 3.63. The summed E-state index contributed by atoms with van der Waals surface area (Å²) in [5, 5.41) is 10.4. The van der Waals surface area contributed by atoms with E-state index in [1.165, 1.54) is 0 Å². The van der Waals surface area contributed by atoms with Gasteiger partial charge >= 0.3 is 0 Å². The fraction of sp³-hybridized carbons (Fsp3) is 0.345. The fourth-order valence-electron chi connectivity index (χ4n) is 5.69. The molecule has 2 aromatic carbocycles. The van der Waals surface area contributed by atoms with Crippen LogP contribution in [0.3, 0.4) is 0 Å². The Morgan fingerprint density at radius 3 is 2.46 bits per heavy atom. The van der Waals surface area contributed by atoms with Gasteiger partial charge in [0, 0.05) is 42.0 Å². The molecule has 2 aromatic rings. The van der Waals surface area contributed by atoms with E-state index in [4.69, 9.17) is 10.7 Å². The first-order valence-electron chi connectivity index (χ1n) is 12.3. The number of carbonyl (C=O) groups excluding carboxylic acids is 1. The van der Waals surface area contributed by atoms with E-state index < -0.39 is 5.92 Å². The molecule has 0 fully saturated rings. The maximum atomic E-state index is 13.7. The van der Waals surface area contributed by atoms with Gasteiger partial charge in [-0.1, -0.05) is 38.1 Å². The molecule has 0 saturated heterocycles. The van der Waals surface area contributed by atoms with Gasteiger partial charge in [-0.15, -0.1) is 0 Å². The smallest absolute Gasteiger partial charge is 0.162 e. The number of benzene rings is 2. The van der Waals surface area contributed by atoms with Crippen LogP contribution in [0.1, 0.15) is 57.6 Å². The molecular formula is C29H31N5O. The maximum Gasteiger partial charge on any atom is 0.162 e. The van der Waals surface area contributed by atoms with Crippen molar-refractivity contribution in [1.82, 2.24) is 0 Å². The molecular weight excluding hydrogens is 434 g/mol. The molecule has 0 aromatic heterocycles. The van der Waals surface area contributed by atoms with Crippen LogP contribution in [-0.4, -0.2) is 24.7 Å². The molecule has 0 bridgehead atoms. The average molecular weight is 466 g/mol. The Bertz CT molecular complexity index is 1340. The van der Waals surface area contributed by atoms with E-state index in [1.807, 2.05) is 41.3 Å². The molecule has 2 aliphatic heterocycles. The van der Waals surface area contributed by atoms with Crippen LogP contribution < -0.4 is 15.5 Å². The predicted octanol–water partition coefficient (Wildman–Crippen LogP) is 5.23. The van der Waals surface area contributed by atoms with Crippen LogP contribution in [0.15, 0.2) is 76.2 Å². The summed E-state index contributed by atoms with van der Waals surface area (Å²) in [4.78, 5) is 22.7. The molecule has 3 aliphatic rings. The normalized spacial score (nSPS) is 20.5. The summed E-state index contributed by atoms with van der Waals surface area (Å²) >= 11 is 0. The molecule has 0 amide bonds. The zero-order chi connectivity index (χ0) is 24.9. The number of nitrogens with zero attached hydrogens (tertiary/aromatic N) is 4. The fourth-order valence-corrected chi connectivity index (χ4v) is 5.69. The van der Waals surface area contributed by atoms with Crippen molar-refractivity contribution in [2.75, 3.05) is 22.9 Å². The van der Waals surface area contributed by atoms with Crippen molar-refractivity contribution in [3.63, 3.8) is 0 Å². The SMILES string of the molecule is CCN(CC)c1ccc([C@H]2C(C#N)=C3N=C(N)c4ccccc4N3C3=C2C(=O)CC(C)(C)C3)cc1. The van der Waals surface area contributed by atoms with E-state index in [0.29, 0.717) is 35.6 Å². The molecule has 6 heteroatoms. The highest BCUT2D eigenvalue weighted by atomic mass is 16.1. The number of nitrogens with two attached hydrogens (primary N) is 1. The lowest BCUT2D eigenvalue weighted by atomic mass is 9.68. The first kappa shape index (κ1) is 22.9. The third-order valence-corrected chi connectivity index (χ3v) is 7.32. The maximum absolute atomic E-state index is 13.7. The molecule has 1 aliphatic carbocycles. The molecule has 0 spiro atoms. The lowest BCUT2D eigenvalue weighted by Crippen LogP contribution is -2.42.